The predicted molar refractivity (Wildman–Crippen MR) is 242 cm³/mol. The third-order valence-electron chi connectivity index (χ3n) is 13.1. The predicted octanol–water partition coefficient (Wildman–Crippen LogP) is 14.5. The Balaban J connectivity index is 1.07. The molecule has 11 rings (SSSR count). The van der Waals surface area contributed by atoms with Gasteiger partial charge in [-0.2, -0.15) is 0 Å². The maximum absolute atomic E-state index is 6.96. The molecule has 1 heterocycles. The van der Waals surface area contributed by atoms with Gasteiger partial charge >= 0.3 is 0 Å². The fourth-order valence-corrected chi connectivity index (χ4v) is 11.6. The Morgan fingerprint density at radius 2 is 0.946 bits per heavy atom. The minimum absolute atomic E-state index is 0.0811. The molecule has 2 aliphatic rings. The van der Waals surface area contributed by atoms with E-state index in [1.54, 1.807) is 0 Å². The van der Waals surface area contributed by atoms with Crippen molar-refractivity contribution < 1.29 is 4.42 Å². The van der Waals surface area contributed by atoms with Gasteiger partial charge in [-0.3, -0.25) is 0 Å². The van der Waals surface area contributed by atoms with Gasteiger partial charge in [-0.15, -0.1) is 0 Å². The van der Waals surface area contributed by atoms with Crippen molar-refractivity contribution in [1.29, 1.82) is 0 Å². The Labute approximate surface area is 330 Å². The lowest BCUT2D eigenvalue weighted by Gasteiger charge is -2.26. The van der Waals surface area contributed by atoms with Gasteiger partial charge in [0.15, 0.2) is 5.58 Å². The van der Waals surface area contributed by atoms with Crippen molar-refractivity contribution in [3.05, 3.63) is 168 Å². The highest BCUT2D eigenvalue weighted by atomic mass is 28.3. The molecule has 0 aliphatic heterocycles. The molecule has 0 amide bonds. The number of furan rings is 1. The molecule has 0 N–H and O–H groups in total. The van der Waals surface area contributed by atoms with Crippen LogP contribution in [0.1, 0.15) is 49.9 Å². The molecule has 0 atom stereocenters. The van der Waals surface area contributed by atoms with Crippen molar-refractivity contribution in [2.75, 3.05) is 4.90 Å². The highest BCUT2D eigenvalue weighted by Crippen LogP contribution is 2.57. The summed E-state index contributed by atoms with van der Waals surface area (Å²) < 4.78 is 6.96. The first kappa shape index (κ1) is 33.4. The van der Waals surface area contributed by atoms with Crippen molar-refractivity contribution in [3.8, 4) is 22.3 Å². The summed E-state index contributed by atoms with van der Waals surface area (Å²) in [6.07, 6.45) is 0. The number of nitrogens with zero attached hydrogens (tertiary/aromatic N) is 1. The van der Waals surface area contributed by atoms with Gasteiger partial charge in [-0.25, -0.2) is 0 Å². The minimum atomic E-state index is -1.65. The Morgan fingerprint density at radius 3 is 1.59 bits per heavy atom. The van der Waals surface area contributed by atoms with Crippen molar-refractivity contribution in [2.24, 2.45) is 0 Å². The van der Waals surface area contributed by atoms with E-state index in [0.29, 0.717) is 0 Å². The average molecular weight is 740 g/mol. The molecule has 0 spiro atoms. The maximum atomic E-state index is 6.96. The molecule has 9 aromatic rings. The molecule has 0 radical (unpaired) electrons. The van der Waals surface area contributed by atoms with Gasteiger partial charge in [-0.05, 0) is 138 Å². The van der Waals surface area contributed by atoms with E-state index < -0.39 is 8.07 Å². The summed E-state index contributed by atoms with van der Waals surface area (Å²) in [7, 11) is -1.65. The third-order valence-corrected chi connectivity index (χ3v) is 15.1. The molecule has 0 saturated heterocycles. The fraction of sp³-hybridized carbons (Fsp3) is 0.170. The van der Waals surface area contributed by atoms with Crippen molar-refractivity contribution in [3.63, 3.8) is 0 Å². The molecule has 1 aromatic heterocycles. The summed E-state index contributed by atoms with van der Waals surface area (Å²) in [5.74, 6) is 0. The molecule has 0 bridgehead atoms. The zero-order chi connectivity index (χ0) is 38.3. The summed E-state index contributed by atoms with van der Waals surface area (Å²) in [4.78, 5) is 2.37. The zero-order valence-corrected chi connectivity index (χ0v) is 34.2. The molecule has 8 aromatic carbocycles. The van der Waals surface area contributed by atoms with Crippen LogP contribution >= 0.6 is 0 Å². The van der Waals surface area contributed by atoms with Crippen LogP contribution in [0.3, 0.4) is 0 Å². The van der Waals surface area contributed by atoms with Crippen LogP contribution in [0.15, 0.2) is 150 Å². The molecule has 0 fully saturated rings. The van der Waals surface area contributed by atoms with Crippen LogP contribution in [0.4, 0.5) is 17.1 Å². The van der Waals surface area contributed by atoms with Crippen molar-refractivity contribution in [1.82, 2.24) is 0 Å². The molecular formula is C53H45NOSi. The Kier molecular flexibility index (Phi) is 6.77. The van der Waals surface area contributed by atoms with E-state index in [9.17, 15) is 0 Å². The van der Waals surface area contributed by atoms with E-state index in [2.05, 4.69) is 198 Å². The second kappa shape index (κ2) is 11.3. The summed E-state index contributed by atoms with van der Waals surface area (Å²) in [6, 6.07) is 54.6. The molecule has 2 nitrogen and oxygen atoms in total. The molecule has 2 aliphatic carbocycles. The Bertz CT molecular complexity index is 3120. The van der Waals surface area contributed by atoms with Gasteiger partial charge in [0.1, 0.15) is 5.58 Å². The molecule has 56 heavy (non-hydrogen) atoms. The van der Waals surface area contributed by atoms with Gasteiger partial charge < -0.3 is 9.32 Å². The van der Waals surface area contributed by atoms with E-state index in [1.165, 1.54) is 76.6 Å². The number of benzene rings is 8. The summed E-state index contributed by atoms with van der Waals surface area (Å²) in [5.41, 5.74) is 16.1. The molecule has 272 valence electrons. The van der Waals surface area contributed by atoms with Gasteiger partial charge in [-0.1, -0.05) is 126 Å². The van der Waals surface area contributed by atoms with Gasteiger partial charge in [0, 0.05) is 33.0 Å². The second-order valence-electron chi connectivity index (χ2n) is 18.2. The SMILES string of the molecule is CC1(C)c2cc3c(cc2-c2cc4ccccc4cc21)C(C)(C)c1cc2cc(N(c4ccccc4)c4cccc5c4oc4c([Si](C)(C)C)cccc45)ccc2cc1-3. The van der Waals surface area contributed by atoms with Crippen molar-refractivity contribution in [2.45, 2.75) is 58.2 Å². The van der Waals surface area contributed by atoms with E-state index in [1.807, 2.05) is 0 Å². The number of hydrogen-bond donors (Lipinski definition) is 0. The molecule has 3 heteroatoms. The summed E-state index contributed by atoms with van der Waals surface area (Å²) in [5, 5.41) is 8.81. The van der Waals surface area contributed by atoms with Crippen LogP contribution in [-0.2, 0) is 10.8 Å². The van der Waals surface area contributed by atoms with Crippen molar-refractivity contribution >= 4 is 73.8 Å². The smallest absolute Gasteiger partial charge is 0.159 e. The lowest BCUT2D eigenvalue weighted by atomic mass is 9.79. The van der Waals surface area contributed by atoms with Crippen LogP contribution in [0.25, 0.3) is 65.7 Å². The second-order valence-corrected chi connectivity index (χ2v) is 23.3. The lowest BCUT2D eigenvalue weighted by molar-refractivity contribution is 0.653. The Morgan fingerprint density at radius 1 is 0.429 bits per heavy atom. The van der Waals surface area contributed by atoms with E-state index >= 15 is 0 Å². The van der Waals surface area contributed by atoms with Crippen LogP contribution < -0.4 is 10.1 Å². The average Bonchev–Trinajstić information content (AvgIpc) is 3.75. The largest absolute Gasteiger partial charge is 0.454 e. The number of rotatable bonds is 4. The van der Waals surface area contributed by atoms with Crippen LogP contribution in [-0.4, -0.2) is 8.07 Å². The highest BCUT2D eigenvalue weighted by molar-refractivity contribution is 6.90. The third kappa shape index (κ3) is 4.61. The molecule has 0 unspecified atom stereocenters. The first-order valence-electron chi connectivity index (χ1n) is 20.0. The first-order chi connectivity index (χ1) is 26.9. The maximum Gasteiger partial charge on any atom is 0.159 e. The first-order valence-corrected chi connectivity index (χ1v) is 23.5. The standard InChI is InChI=1S/C53H45NOSi/c1-52(2)44-28-33-16-12-11-15-32(33)26-40(44)42-30-47-43(31-46(42)52)41-27-34-23-24-37(25-35(34)29-45(41)53(47,3)4)54(36-17-9-8-10-18-36)48-21-13-19-38-39-20-14-22-49(56(5,6)7)51(39)55-50(38)48/h8-31H,1-7H3. The quantitative estimate of drug-likeness (QED) is 0.167. The molecular weight excluding hydrogens is 695 g/mol. The highest BCUT2D eigenvalue weighted by Gasteiger charge is 2.42. The normalized spacial score (nSPS) is 15.0. The van der Waals surface area contributed by atoms with E-state index in [4.69, 9.17) is 4.42 Å². The van der Waals surface area contributed by atoms with E-state index in [-0.39, 0.29) is 10.8 Å². The Hall–Kier alpha value is -5.90. The van der Waals surface area contributed by atoms with Gasteiger partial charge in [0.25, 0.3) is 0 Å². The topological polar surface area (TPSA) is 16.4 Å². The number of fused-ring (bicyclic) bond motifs is 11. The van der Waals surface area contributed by atoms with Crippen LogP contribution in [0, 0.1) is 0 Å². The zero-order valence-electron chi connectivity index (χ0n) is 33.2. The summed E-state index contributed by atoms with van der Waals surface area (Å²) >= 11 is 0. The number of hydrogen-bond acceptors (Lipinski definition) is 2. The minimum Gasteiger partial charge on any atom is -0.454 e. The fourth-order valence-electron chi connectivity index (χ4n) is 10.1. The number of anilines is 3. The van der Waals surface area contributed by atoms with Gasteiger partial charge in [0.2, 0.25) is 0 Å². The molecule has 0 saturated carbocycles. The van der Waals surface area contributed by atoms with Gasteiger partial charge in [0.05, 0.1) is 13.8 Å². The van der Waals surface area contributed by atoms with E-state index in [0.717, 1.165) is 33.6 Å². The lowest BCUT2D eigenvalue weighted by Crippen LogP contribution is -2.37. The van der Waals surface area contributed by atoms with Crippen LogP contribution in [0.5, 0.6) is 0 Å². The number of para-hydroxylation sites is 3. The monoisotopic (exact) mass is 739 g/mol. The van der Waals surface area contributed by atoms with Crippen LogP contribution in [0.2, 0.25) is 19.6 Å². The summed E-state index contributed by atoms with van der Waals surface area (Å²) in [6.45, 7) is 16.8.